The number of hydrogen-bond acceptors (Lipinski definition) is 2. The molecule has 1 aromatic carbocycles. The van der Waals surface area contributed by atoms with Crippen molar-refractivity contribution in [3.63, 3.8) is 0 Å². The number of hydrogen-bond donors (Lipinski definition) is 0. The summed E-state index contributed by atoms with van der Waals surface area (Å²) < 4.78 is 11.6. The third-order valence-electron chi connectivity index (χ3n) is 2.55. The molecule has 94 valence electrons. The van der Waals surface area contributed by atoms with E-state index in [1.54, 1.807) is 0 Å². The quantitative estimate of drug-likeness (QED) is 0.658. The van der Waals surface area contributed by atoms with Crippen molar-refractivity contribution in [2.24, 2.45) is 0 Å². The van der Waals surface area contributed by atoms with Crippen LogP contribution < -0.4 is 4.43 Å². The lowest BCUT2D eigenvalue weighted by Crippen LogP contribution is -2.28. The maximum Gasteiger partial charge on any atom is 0.260 e. The van der Waals surface area contributed by atoms with Crippen molar-refractivity contribution in [3.05, 3.63) is 36.4 Å². The van der Waals surface area contributed by atoms with Crippen molar-refractivity contribution in [3.8, 4) is 5.75 Å². The second kappa shape index (κ2) is 8.09. The zero-order chi connectivity index (χ0) is 12.5. The number of benzene rings is 1. The highest BCUT2D eigenvalue weighted by Crippen LogP contribution is 2.20. The molecule has 0 bridgehead atoms. The first-order valence-corrected chi connectivity index (χ1v) is 8.38. The van der Waals surface area contributed by atoms with Crippen molar-refractivity contribution in [2.45, 2.75) is 26.3 Å². The molecule has 2 nitrogen and oxygen atoms in total. The minimum absolute atomic E-state index is 0.764. The van der Waals surface area contributed by atoms with E-state index in [0.29, 0.717) is 0 Å². The van der Waals surface area contributed by atoms with Crippen LogP contribution in [0.3, 0.4) is 0 Å². The monoisotopic (exact) mass is 250 g/mol. The van der Waals surface area contributed by atoms with E-state index in [1.807, 2.05) is 37.3 Å². The van der Waals surface area contributed by atoms with E-state index in [9.17, 15) is 0 Å². The van der Waals surface area contributed by atoms with Gasteiger partial charge >= 0.3 is 0 Å². The fourth-order valence-electron chi connectivity index (χ4n) is 1.68. The van der Waals surface area contributed by atoms with Gasteiger partial charge in [-0.1, -0.05) is 44.2 Å². The molecule has 0 heterocycles. The van der Waals surface area contributed by atoms with Gasteiger partial charge < -0.3 is 9.16 Å². The van der Waals surface area contributed by atoms with Crippen molar-refractivity contribution in [1.29, 1.82) is 0 Å². The average Bonchev–Trinajstić information content (AvgIpc) is 2.37. The molecule has 0 aromatic heterocycles. The number of rotatable bonds is 8. The molecule has 3 heteroatoms. The van der Waals surface area contributed by atoms with Gasteiger partial charge in [-0.3, -0.25) is 0 Å². The van der Waals surface area contributed by atoms with Gasteiger partial charge in [0.2, 0.25) is 0 Å². The van der Waals surface area contributed by atoms with Crippen LogP contribution in [0, 0.1) is 0 Å². The Kier molecular flexibility index (Phi) is 6.66. The van der Waals surface area contributed by atoms with Crippen LogP contribution in [0.1, 0.15) is 25.8 Å². The molecule has 0 saturated carbocycles. The molecule has 0 aliphatic rings. The van der Waals surface area contributed by atoms with Crippen LogP contribution in [0.2, 0.25) is 6.04 Å². The third kappa shape index (κ3) is 4.75. The lowest BCUT2D eigenvalue weighted by molar-refractivity contribution is 0.182. The maximum absolute atomic E-state index is 6.12. The fraction of sp³-hybridized carbons (Fsp3) is 0.429. The summed E-state index contributed by atoms with van der Waals surface area (Å²) in [4.78, 5) is 0. The van der Waals surface area contributed by atoms with E-state index in [1.165, 1.54) is 0 Å². The Bertz CT molecular complexity index is 339. The van der Waals surface area contributed by atoms with Crippen molar-refractivity contribution in [2.75, 3.05) is 12.8 Å². The van der Waals surface area contributed by atoms with E-state index < -0.39 is 9.04 Å². The van der Waals surface area contributed by atoms with E-state index in [0.717, 1.165) is 36.6 Å². The van der Waals surface area contributed by atoms with Gasteiger partial charge in [0, 0.05) is 12.2 Å². The van der Waals surface area contributed by atoms with E-state index >= 15 is 0 Å². The topological polar surface area (TPSA) is 18.5 Å². The zero-order valence-electron chi connectivity index (χ0n) is 10.8. The summed E-state index contributed by atoms with van der Waals surface area (Å²) in [5, 5.41) is 0. The first-order chi connectivity index (χ1) is 8.31. The summed E-state index contributed by atoms with van der Waals surface area (Å²) in [5.41, 5.74) is 1.07. The summed E-state index contributed by atoms with van der Waals surface area (Å²) >= 11 is 0. The van der Waals surface area contributed by atoms with Gasteiger partial charge in [-0.15, -0.1) is 0 Å². The van der Waals surface area contributed by atoms with Gasteiger partial charge in [0.05, 0.1) is 6.23 Å². The zero-order valence-corrected chi connectivity index (χ0v) is 12.0. The predicted molar refractivity (Wildman–Crippen MR) is 75.9 cm³/mol. The summed E-state index contributed by atoms with van der Waals surface area (Å²) in [7, 11) is -1.29. The standard InChI is InChI=1S/C14H22O2Si/c1-4-11-17(12-15-6-3)16-14-10-8-7-9-13(14)5-2/h5,7-10,17H,2,4,6,11-12H2,1,3H3. The van der Waals surface area contributed by atoms with E-state index in [2.05, 4.69) is 13.5 Å². The van der Waals surface area contributed by atoms with Gasteiger partial charge in [0.15, 0.2) is 0 Å². The molecule has 1 aromatic rings. The smallest absolute Gasteiger partial charge is 0.260 e. The predicted octanol–water partition coefficient (Wildman–Crippen LogP) is 3.42. The van der Waals surface area contributed by atoms with Crippen LogP contribution in [-0.4, -0.2) is 21.9 Å². The second-order valence-electron chi connectivity index (χ2n) is 3.93. The fourth-order valence-corrected chi connectivity index (χ4v) is 3.75. The number of ether oxygens (including phenoxy) is 1. The average molecular weight is 250 g/mol. The molecule has 1 atom stereocenters. The lowest BCUT2D eigenvalue weighted by atomic mass is 10.2. The molecule has 0 saturated heterocycles. The minimum Gasteiger partial charge on any atom is -0.544 e. The van der Waals surface area contributed by atoms with Crippen molar-refractivity contribution < 1.29 is 9.16 Å². The molecule has 0 N–H and O–H groups in total. The summed E-state index contributed by atoms with van der Waals surface area (Å²) in [6.45, 7) is 8.79. The van der Waals surface area contributed by atoms with Crippen LogP contribution in [0.15, 0.2) is 30.8 Å². The highest BCUT2D eigenvalue weighted by molar-refractivity contribution is 6.52. The van der Waals surface area contributed by atoms with Crippen molar-refractivity contribution >= 4 is 15.1 Å². The maximum atomic E-state index is 6.12. The Morgan fingerprint density at radius 2 is 2.06 bits per heavy atom. The van der Waals surface area contributed by atoms with Gasteiger partial charge in [0.25, 0.3) is 9.04 Å². The highest BCUT2D eigenvalue weighted by Gasteiger charge is 2.14. The molecule has 0 radical (unpaired) electrons. The van der Waals surface area contributed by atoms with Gasteiger partial charge in [-0.25, -0.2) is 0 Å². The van der Waals surface area contributed by atoms with E-state index in [-0.39, 0.29) is 0 Å². The van der Waals surface area contributed by atoms with Crippen LogP contribution in [0.5, 0.6) is 5.75 Å². The number of para-hydroxylation sites is 1. The molecule has 0 aliphatic heterocycles. The van der Waals surface area contributed by atoms with Crippen LogP contribution >= 0.6 is 0 Å². The first kappa shape index (κ1) is 14.0. The van der Waals surface area contributed by atoms with Crippen molar-refractivity contribution in [1.82, 2.24) is 0 Å². The van der Waals surface area contributed by atoms with E-state index in [4.69, 9.17) is 9.16 Å². The second-order valence-corrected chi connectivity index (χ2v) is 6.32. The third-order valence-corrected chi connectivity index (χ3v) is 4.97. The summed E-state index contributed by atoms with van der Waals surface area (Å²) in [6.07, 6.45) is 3.78. The summed E-state index contributed by atoms with van der Waals surface area (Å²) in [6, 6.07) is 9.19. The Hall–Kier alpha value is -1.06. The van der Waals surface area contributed by atoms with Crippen LogP contribution in [0.4, 0.5) is 0 Å². The molecule has 0 amide bonds. The largest absolute Gasteiger partial charge is 0.544 e. The Balaban J connectivity index is 2.67. The Morgan fingerprint density at radius 1 is 1.29 bits per heavy atom. The minimum atomic E-state index is -1.29. The summed E-state index contributed by atoms with van der Waals surface area (Å²) in [5.74, 6) is 0.951. The lowest BCUT2D eigenvalue weighted by Gasteiger charge is -2.18. The molecule has 0 fully saturated rings. The Labute approximate surface area is 106 Å². The molecule has 1 rings (SSSR count). The van der Waals surface area contributed by atoms with Gasteiger partial charge in [0.1, 0.15) is 5.75 Å². The molecule has 0 aliphatic carbocycles. The Morgan fingerprint density at radius 3 is 2.71 bits per heavy atom. The SMILES string of the molecule is C=Cc1ccccc1O[SiH](CCC)COCC. The molecular formula is C14H22O2Si. The normalized spacial score (nSPS) is 12.1. The molecule has 1 unspecified atom stereocenters. The van der Waals surface area contributed by atoms with Gasteiger partial charge in [-0.05, 0) is 19.0 Å². The van der Waals surface area contributed by atoms with Gasteiger partial charge in [-0.2, -0.15) is 0 Å². The van der Waals surface area contributed by atoms with Crippen LogP contribution in [0.25, 0.3) is 6.08 Å². The van der Waals surface area contributed by atoms with Crippen LogP contribution in [-0.2, 0) is 4.74 Å². The molecular weight excluding hydrogens is 228 g/mol. The molecule has 0 spiro atoms. The molecule has 17 heavy (non-hydrogen) atoms. The highest BCUT2D eigenvalue weighted by atomic mass is 28.3. The first-order valence-electron chi connectivity index (χ1n) is 6.27.